The molecule has 3 N–H and O–H groups in total. The lowest BCUT2D eigenvalue weighted by atomic mass is 10.1. The van der Waals surface area contributed by atoms with Gasteiger partial charge in [0.25, 0.3) is 0 Å². The Kier molecular flexibility index (Phi) is 6.74. The number of hydrogen-bond donors (Lipinski definition) is 2. The number of ether oxygens (including phenoxy) is 2. The van der Waals surface area contributed by atoms with Gasteiger partial charge in [0.15, 0.2) is 0 Å². The smallest absolute Gasteiger partial charge is 0.126 e. The minimum absolute atomic E-state index is 0.206. The van der Waals surface area contributed by atoms with E-state index in [1.807, 2.05) is 0 Å². The van der Waals surface area contributed by atoms with Crippen molar-refractivity contribution in [2.24, 2.45) is 5.84 Å². The number of methoxy groups -OCH3 is 1. The van der Waals surface area contributed by atoms with Crippen LogP contribution in [0.5, 0.6) is 0 Å². The van der Waals surface area contributed by atoms with Crippen LogP contribution in [-0.2, 0) is 15.9 Å². The van der Waals surface area contributed by atoms with Crippen molar-refractivity contribution in [2.45, 2.75) is 12.5 Å². The third-order valence-corrected chi connectivity index (χ3v) is 2.39. The van der Waals surface area contributed by atoms with E-state index in [0.717, 1.165) is 6.07 Å². The molecule has 0 aliphatic rings. The van der Waals surface area contributed by atoms with E-state index in [1.165, 1.54) is 12.1 Å². The van der Waals surface area contributed by atoms with E-state index in [2.05, 4.69) is 5.43 Å². The third kappa shape index (κ3) is 5.50. The van der Waals surface area contributed by atoms with Crippen LogP contribution in [0, 0.1) is 11.6 Å². The molecule has 1 aromatic carbocycles. The first kappa shape index (κ1) is 15.0. The molecular formula is C12H18F2N2O2. The Morgan fingerprint density at radius 3 is 2.44 bits per heavy atom. The normalized spacial score (nSPS) is 12.7. The summed E-state index contributed by atoms with van der Waals surface area (Å²) in [5.41, 5.74) is 3.09. The van der Waals surface area contributed by atoms with E-state index in [-0.39, 0.29) is 6.04 Å². The van der Waals surface area contributed by atoms with Gasteiger partial charge in [-0.1, -0.05) is 0 Å². The van der Waals surface area contributed by atoms with Crippen LogP contribution in [0.25, 0.3) is 0 Å². The fourth-order valence-electron chi connectivity index (χ4n) is 1.55. The molecule has 18 heavy (non-hydrogen) atoms. The predicted molar refractivity (Wildman–Crippen MR) is 63.9 cm³/mol. The summed E-state index contributed by atoms with van der Waals surface area (Å²) in [4.78, 5) is 0. The molecule has 0 spiro atoms. The molecule has 0 aliphatic heterocycles. The first-order valence-electron chi connectivity index (χ1n) is 5.63. The molecule has 0 aliphatic carbocycles. The Labute approximate surface area is 105 Å². The molecule has 102 valence electrons. The van der Waals surface area contributed by atoms with Crippen LogP contribution in [0.4, 0.5) is 8.78 Å². The van der Waals surface area contributed by atoms with E-state index < -0.39 is 11.6 Å². The molecule has 1 rings (SSSR count). The maximum atomic E-state index is 13.0. The lowest BCUT2D eigenvalue weighted by Gasteiger charge is -2.16. The van der Waals surface area contributed by atoms with E-state index in [1.54, 1.807) is 7.11 Å². The van der Waals surface area contributed by atoms with Crippen LogP contribution in [0.15, 0.2) is 18.2 Å². The van der Waals surface area contributed by atoms with Crippen LogP contribution in [0.2, 0.25) is 0 Å². The predicted octanol–water partition coefficient (Wildman–Crippen LogP) is 1.00. The van der Waals surface area contributed by atoms with E-state index in [9.17, 15) is 8.78 Å². The number of rotatable bonds is 8. The highest BCUT2D eigenvalue weighted by atomic mass is 19.1. The maximum Gasteiger partial charge on any atom is 0.126 e. The first-order valence-corrected chi connectivity index (χ1v) is 5.63. The van der Waals surface area contributed by atoms with Crippen molar-refractivity contribution in [1.82, 2.24) is 5.43 Å². The second kappa shape index (κ2) is 8.10. The summed E-state index contributed by atoms with van der Waals surface area (Å²) in [6.07, 6.45) is 0.387. The highest BCUT2D eigenvalue weighted by molar-refractivity contribution is 5.18. The maximum absolute atomic E-state index is 13.0. The van der Waals surface area contributed by atoms with Crippen LogP contribution in [0.3, 0.4) is 0 Å². The summed E-state index contributed by atoms with van der Waals surface area (Å²) < 4.78 is 36.1. The Morgan fingerprint density at radius 1 is 1.22 bits per heavy atom. The van der Waals surface area contributed by atoms with E-state index >= 15 is 0 Å². The molecule has 0 bridgehead atoms. The van der Waals surface area contributed by atoms with Crippen LogP contribution in [0.1, 0.15) is 5.56 Å². The van der Waals surface area contributed by atoms with Crippen molar-refractivity contribution in [1.29, 1.82) is 0 Å². The first-order chi connectivity index (χ1) is 8.65. The zero-order chi connectivity index (χ0) is 13.4. The zero-order valence-corrected chi connectivity index (χ0v) is 10.3. The van der Waals surface area contributed by atoms with E-state index in [4.69, 9.17) is 15.3 Å². The van der Waals surface area contributed by atoms with Crippen LogP contribution >= 0.6 is 0 Å². The van der Waals surface area contributed by atoms with Crippen LogP contribution in [-0.4, -0.2) is 33.0 Å². The van der Waals surface area contributed by atoms with Crippen molar-refractivity contribution in [2.75, 3.05) is 26.9 Å². The Bertz CT molecular complexity index is 344. The highest BCUT2D eigenvalue weighted by Gasteiger charge is 2.10. The second-order valence-corrected chi connectivity index (χ2v) is 3.91. The summed E-state index contributed by atoms with van der Waals surface area (Å²) >= 11 is 0. The molecule has 0 radical (unpaired) electrons. The standard InChI is InChI=1S/C12H18F2N2O2/c1-17-2-3-18-8-12(16-15)6-9-4-10(13)7-11(14)5-9/h4-5,7,12,16H,2-3,6,8,15H2,1H3. The molecule has 6 heteroatoms. The quantitative estimate of drug-likeness (QED) is 0.416. The summed E-state index contributed by atoms with van der Waals surface area (Å²) in [6, 6.07) is 3.19. The van der Waals surface area contributed by atoms with Crippen molar-refractivity contribution < 1.29 is 18.3 Å². The van der Waals surface area contributed by atoms with Gasteiger partial charge in [0.05, 0.1) is 19.8 Å². The summed E-state index contributed by atoms with van der Waals surface area (Å²) in [7, 11) is 1.58. The molecule has 1 unspecified atom stereocenters. The number of nitrogens with two attached hydrogens (primary N) is 1. The van der Waals surface area contributed by atoms with Gasteiger partial charge in [0.2, 0.25) is 0 Å². The van der Waals surface area contributed by atoms with Crippen molar-refractivity contribution in [3.8, 4) is 0 Å². The second-order valence-electron chi connectivity index (χ2n) is 3.91. The molecule has 0 amide bonds. The SMILES string of the molecule is COCCOCC(Cc1cc(F)cc(F)c1)NN. The zero-order valence-electron chi connectivity index (χ0n) is 10.3. The monoisotopic (exact) mass is 260 g/mol. The fraction of sp³-hybridized carbons (Fsp3) is 0.500. The minimum Gasteiger partial charge on any atom is -0.382 e. The highest BCUT2D eigenvalue weighted by Crippen LogP contribution is 2.10. The molecule has 0 aromatic heterocycles. The van der Waals surface area contributed by atoms with Gasteiger partial charge < -0.3 is 9.47 Å². The van der Waals surface area contributed by atoms with Gasteiger partial charge in [-0.2, -0.15) is 0 Å². The Morgan fingerprint density at radius 2 is 1.89 bits per heavy atom. The van der Waals surface area contributed by atoms with Crippen LogP contribution < -0.4 is 11.3 Å². The number of benzene rings is 1. The molecule has 0 heterocycles. The Hall–Kier alpha value is -1.08. The third-order valence-electron chi connectivity index (χ3n) is 2.39. The van der Waals surface area contributed by atoms with Crippen molar-refractivity contribution in [3.05, 3.63) is 35.4 Å². The van der Waals surface area contributed by atoms with Gasteiger partial charge in [0, 0.05) is 19.2 Å². The number of halogens is 2. The van der Waals surface area contributed by atoms with Gasteiger partial charge in [-0.3, -0.25) is 11.3 Å². The summed E-state index contributed by atoms with van der Waals surface area (Å²) in [5.74, 6) is 4.17. The molecule has 4 nitrogen and oxygen atoms in total. The average Bonchev–Trinajstić information content (AvgIpc) is 2.32. The number of hydrazine groups is 1. The summed E-state index contributed by atoms with van der Waals surface area (Å²) in [6.45, 7) is 1.29. The fourth-order valence-corrected chi connectivity index (χ4v) is 1.55. The van der Waals surface area contributed by atoms with Gasteiger partial charge in [-0.15, -0.1) is 0 Å². The molecule has 0 saturated heterocycles. The minimum atomic E-state index is -0.596. The summed E-state index contributed by atoms with van der Waals surface area (Å²) in [5, 5.41) is 0. The topological polar surface area (TPSA) is 56.5 Å². The molecule has 0 fully saturated rings. The molecular weight excluding hydrogens is 242 g/mol. The molecule has 1 aromatic rings. The van der Waals surface area contributed by atoms with Gasteiger partial charge >= 0.3 is 0 Å². The number of hydrogen-bond acceptors (Lipinski definition) is 4. The Balaban J connectivity index is 2.46. The largest absolute Gasteiger partial charge is 0.382 e. The van der Waals surface area contributed by atoms with E-state index in [0.29, 0.717) is 31.8 Å². The average molecular weight is 260 g/mol. The van der Waals surface area contributed by atoms with Crippen molar-refractivity contribution >= 4 is 0 Å². The lowest BCUT2D eigenvalue weighted by Crippen LogP contribution is -2.40. The molecule has 1 atom stereocenters. The van der Waals surface area contributed by atoms with Crippen molar-refractivity contribution in [3.63, 3.8) is 0 Å². The number of nitrogens with one attached hydrogen (secondary N) is 1. The lowest BCUT2D eigenvalue weighted by molar-refractivity contribution is 0.0587. The molecule has 0 saturated carbocycles. The van der Waals surface area contributed by atoms with Gasteiger partial charge in [-0.05, 0) is 24.1 Å². The van der Waals surface area contributed by atoms with Gasteiger partial charge in [0.1, 0.15) is 11.6 Å². The van der Waals surface area contributed by atoms with Gasteiger partial charge in [-0.25, -0.2) is 8.78 Å².